The molecule has 9 heavy (non-hydrogen) atoms. The van der Waals surface area contributed by atoms with E-state index in [0.29, 0.717) is 5.69 Å². The molecule has 0 saturated carbocycles. The molecule has 3 nitrogen and oxygen atoms in total. The van der Waals surface area contributed by atoms with Crippen molar-refractivity contribution in [3.8, 4) is 0 Å². The first-order chi connectivity index (χ1) is 4.34. The van der Waals surface area contributed by atoms with Crippen LogP contribution in [0.25, 0.3) is 0 Å². The average molecular weight is 124 g/mol. The standard InChI is InChI=1S/C6H6NO2/c1-2-6(8)5-3-4-9-7-5/h2-4H,1H3. The molecule has 0 aliphatic carbocycles. The highest BCUT2D eigenvalue weighted by Gasteiger charge is 2.04. The first kappa shape index (κ1) is 6.01. The van der Waals surface area contributed by atoms with Gasteiger partial charge in [0.15, 0.2) is 5.78 Å². The van der Waals surface area contributed by atoms with E-state index >= 15 is 0 Å². The van der Waals surface area contributed by atoms with Gasteiger partial charge in [-0.3, -0.25) is 4.79 Å². The fraction of sp³-hybridized carbons (Fsp3) is 0.167. The Morgan fingerprint density at radius 1 is 1.89 bits per heavy atom. The summed E-state index contributed by atoms with van der Waals surface area (Å²) in [5.41, 5.74) is 0.359. The van der Waals surface area contributed by atoms with E-state index < -0.39 is 0 Å². The van der Waals surface area contributed by atoms with Gasteiger partial charge in [-0.25, -0.2) is 0 Å². The minimum absolute atomic E-state index is 0.108. The van der Waals surface area contributed by atoms with Crippen LogP contribution in [0.3, 0.4) is 0 Å². The Morgan fingerprint density at radius 2 is 2.67 bits per heavy atom. The number of carbonyl (C=O) groups excluding carboxylic acids is 1. The zero-order chi connectivity index (χ0) is 6.69. The monoisotopic (exact) mass is 124 g/mol. The Morgan fingerprint density at radius 3 is 3.11 bits per heavy atom. The van der Waals surface area contributed by atoms with Crippen molar-refractivity contribution >= 4 is 5.78 Å². The average Bonchev–Trinajstić information content (AvgIpc) is 2.37. The highest BCUT2D eigenvalue weighted by atomic mass is 16.5. The molecule has 0 aliphatic heterocycles. The fourth-order valence-electron chi connectivity index (χ4n) is 0.488. The van der Waals surface area contributed by atoms with E-state index in [1.54, 1.807) is 6.92 Å². The van der Waals surface area contributed by atoms with Crippen molar-refractivity contribution in [2.24, 2.45) is 0 Å². The number of nitrogens with zero attached hydrogens (tertiary/aromatic N) is 1. The van der Waals surface area contributed by atoms with Gasteiger partial charge in [0.05, 0.1) is 0 Å². The zero-order valence-corrected chi connectivity index (χ0v) is 5.00. The Hall–Kier alpha value is -1.12. The maximum absolute atomic E-state index is 10.7. The van der Waals surface area contributed by atoms with Gasteiger partial charge < -0.3 is 4.52 Å². The van der Waals surface area contributed by atoms with E-state index in [9.17, 15) is 4.79 Å². The quantitative estimate of drug-likeness (QED) is 0.554. The highest BCUT2D eigenvalue weighted by molar-refractivity contribution is 6.00. The molecule has 0 amide bonds. The lowest BCUT2D eigenvalue weighted by Crippen LogP contribution is -1.95. The summed E-state index contributed by atoms with van der Waals surface area (Å²) in [6.45, 7) is 1.66. The van der Waals surface area contributed by atoms with Gasteiger partial charge in [-0.1, -0.05) is 12.1 Å². The molecule has 0 atom stereocenters. The van der Waals surface area contributed by atoms with E-state index in [0.717, 1.165) is 0 Å². The molecule has 0 saturated heterocycles. The van der Waals surface area contributed by atoms with Crippen LogP contribution in [0.5, 0.6) is 0 Å². The Balaban J connectivity index is 2.77. The molecular weight excluding hydrogens is 118 g/mol. The van der Waals surface area contributed by atoms with Crippen LogP contribution in [0.1, 0.15) is 17.4 Å². The largest absolute Gasteiger partial charge is 0.364 e. The second-order valence-electron chi connectivity index (χ2n) is 1.54. The van der Waals surface area contributed by atoms with Crippen LogP contribution >= 0.6 is 0 Å². The SMILES string of the molecule is C[CH]C(=O)c1ccon1. The summed E-state index contributed by atoms with van der Waals surface area (Å²) >= 11 is 0. The number of ketones is 1. The third-order valence-corrected chi connectivity index (χ3v) is 0.952. The normalized spacial score (nSPS) is 9.44. The molecule has 1 radical (unpaired) electrons. The molecule has 0 bridgehead atoms. The van der Waals surface area contributed by atoms with Gasteiger partial charge in [0.1, 0.15) is 12.0 Å². The van der Waals surface area contributed by atoms with E-state index in [1.165, 1.54) is 18.8 Å². The number of hydrogen-bond acceptors (Lipinski definition) is 3. The molecule has 0 N–H and O–H groups in total. The Kier molecular flexibility index (Phi) is 1.63. The molecule has 0 aromatic carbocycles. The van der Waals surface area contributed by atoms with Gasteiger partial charge in [0.25, 0.3) is 0 Å². The van der Waals surface area contributed by atoms with E-state index in [2.05, 4.69) is 9.68 Å². The number of Topliss-reactive ketones (excluding diaryl/α,β-unsaturated/α-hetero) is 1. The van der Waals surface area contributed by atoms with Crippen molar-refractivity contribution in [2.45, 2.75) is 6.92 Å². The van der Waals surface area contributed by atoms with Crippen LogP contribution in [-0.4, -0.2) is 10.9 Å². The molecular formula is C6H6NO2. The van der Waals surface area contributed by atoms with Crippen molar-refractivity contribution in [2.75, 3.05) is 0 Å². The summed E-state index contributed by atoms with van der Waals surface area (Å²) < 4.78 is 4.45. The van der Waals surface area contributed by atoms with Crippen LogP contribution < -0.4 is 0 Å². The second-order valence-corrected chi connectivity index (χ2v) is 1.54. The molecule has 3 heteroatoms. The summed E-state index contributed by atoms with van der Waals surface area (Å²) in [6, 6.07) is 1.53. The minimum atomic E-state index is -0.108. The van der Waals surface area contributed by atoms with Gasteiger partial charge in [0.2, 0.25) is 0 Å². The van der Waals surface area contributed by atoms with Gasteiger partial charge in [-0.05, 0) is 0 Å². The third-order valence-electron chi connectivity index (χ3n) is 0.952. The van der Waals surface area contributed by atoms with Crippen molar-refractivity contribution in [3.63, 3.8) is 0 Å². The highest BCUT2D eigenvalue weighted by Crippen LogP contribution is 1.96. The maximum Gasteiger partial charge on any atom is 0.188 e. The van der Waals surface area contributed by atoms with E-state index in [4.69, 9.17) is 0 Å². The molecule has 47 valence electrons. The third kappa shape index (κ3) is 1.16. The summed E-state index contributed by atoms with van der Waals surface area (Å²) in [5, 5.41) is 3.43. The smallest absolute Gasteiger partial charge is 0.188 e. The van der Waals surface area contributed by atoms with Gasteiger partial charge in [-0.15, -0.1) is 0 Å². The summed E-state index contributed by atoms with van der Waals surface area (Å²) in [5.74, 6) is -0.108. The van der Waals surface area contributed by atoms with Crippen LogP contribution in [0.4, 0.5) is 0 Å². The molecule has 0 fully saturated rings. The van der Waals surface area contributed by atoms with Crippen molar-refractivity contribution in [1.29, 1.82) is 0 Å². The summed E-state index contributed by atoms with van der Waals surface area (Å²) in [7, 11) is 0. The van der Waals surface area contributed by atoms with E-state index in [-0.39, 0.29) is 5.78 Å². The molecule has 1 rings (SSSR count). The lowest BCUT2D eigenvalue weighted by atomic mass is 10.2. The van der Waals surface area contributed by atoms with Crippen molar-refractivity contribution in [3.05, 3.63) is 24.4 Å². The number of aromatic nitrogens is 1. The Labute approximate surface area is 52.7 Å². The predicted molar refractivity (Wildman–Crippen MR) is 30.8 cm³/mol. The van der Waals surface area contributed by atoms with Crippen LogP contribution in [0.15, 0.2) is 16.9 Å². The van der Waals surface area contributed by atoms with Gasteiger partial charge in [0, 0.05) is 12.5 Å². The van der Waals surface area contributed by atoms with Crippen LogP contribution in [-0.2, 0) is 0 Å². The molecule has 1 aromatic rings. The fourth-order valence-corrected chi connectivity index (χ4v) is 0.488. The first-order valence-corrected chi connectivity index (χ1v) is 2.58. The Bertz CT molecular complexity index is 191. The summed E-state index contributed by atoms with van der Waals surface area (Å²) in [4.78, 5) is 10.7. The lowest BCUT2D eigenvalue weighted by molar-refractivity contribution is 0.102. The molecule has 1 aromatic heterocycles. The first-order valence-electron chi connectivity index (χ1n) is 2.58. The maximum atomic E-state index is 10.7. The predicted octanol–water partition coefficient (Wildman–Crippen LogP) is 1.08. The number of carbonyl (C=O) groups is 1. The zero-order valence-electron chi connectivity index (χ0n) is 5.00. The topological polar surface area (TPSA) is 43.1 Å². The van der Waals surface area contributed by atoms with Gasteiger partial charge in [-0.2, -0.15) is 0 Å². The summed E-state index contributed by atoms with van der Waals surface area (Å²) in [6.07, 6.45) is 2.81. The second kappa shape index (κ2) is 2.44. The van der Waals surface area contributed by atoms with Crippen molar-refractivity contribution < 1.29 is 9.32 Å². The number of rotatable bonds is 2. The lowest BCUT2D eigenvalue weighted by Gasteiger charge is -1.83. The molecule has 0 spiro atoms. The van der Waals surface area contributed by atoms with Crippen LogP contribution in [0, 0.1) is 6.42 Å². The van der Waals surface area contributed by atoms with Crippen LogP contribution in [0.2, 0.25) is 0 Å². The van der Waals surface area contributed by atoms with E-state index in [1.807, 2.05) is 0 Å². The van der Waals surface area contributed by atoms with Crippen molar-refractivity contribution in [1.82, 2.24) is 5.16 Å². The number of hydrogen-bond donors (Lipinski definition) is 0. The van der Waals surface area contributed by atoms with Gasteiger partial charge >= 0.3 is 0 Å². The molecule has 0 unspecified atom stereocenters. The molecule has 0 aliphatic rings. The molecule has 1 heterocycles. The minimum Gasteiger partial charge on any atom is -0.364 e.